The van der Waals surface area contributed by atoms with Gasteiger partial charge in [0.05, 0.1) is 12.1 Å². The zero-order chi connectivity index (χ0) is 18.5. The van der Waals surface area contributed by atoms with Crippen molar-refractivity contribution in [1.82, 2.24) is 9.88 Å². The molecule has 1 atom stereocenters. The first-order chi connectivity index (χ1) is 12.5. The van der Waals surface area contributed by atoms with Crippen LogP contribution in [0, 0.1) is 5.92 Å². The first-order valence-corrected chi connectivity index (χ1v) is 10.4. The zero-order valence-corrected chi connectivity index (χ0v) is 16.9. The van der Waals surface area contributed by atoms with Crippen LogP contribution in [0.5, 0.6) is 5.75 Å². The summed E-state index contributed by atoms with van der Waals surface area (Å²) in [6, 6.07) is 7.63. The molecule has 4 nitrogen and oxygen atoms in total. The number of carbonyl (C=O) groups is 1. The van der Waals surface area contributed by atoms with Gasteiger partial charge in [0, 0.05) is 23.0 Å². The fraction of sp³-hybridized carbons (Fsp3) is 0.500. The molecule has 1 aromatic heterocycles. The number of piperidine rings is 1. The molecule has 1 fully saturated rings. The van der Waals surface area contributed by atoms with E-state index in [4.69, 9.17) is 16.3 Å². The summed E-state index contributed by atoms with van der Waals surface area (Å²) < 4.78 is 5.72. The number of rotatable bonds is 6. The number of aromatic nitrogens is 1. The van der Waals surface area contributed by atoms with Crippen LogP contribution in [0.3, 0.4) is 0 Å². The van der Waals surface area contributed by atoms with E-state index >= 15 is 0 Å². The summed E-state index contributed by atoms with van der Waals surface area (Å²) in [5.74, 6) is 1.45. The number of ether oxygens (including phenoxy) is 1. The Morgan fingerprint density at radius 3 is 2.85 bits per heavy atom. The van der Waals surface area contributed by atoms with E-state index in [-0.39, 0.29) is 5.91 Å². The van der Waals surface area contributed by atoms with E-state index in [0.717, 1.165) is 35.8 Å². The lowest BCUT2D eigenvalue weighted by Gasteiger charge is -2.38. The maximum Gasteiger partial charge on any atom is 0.228 e. The molecule has 2 aromatic rings. The molecule has 3 rings (SSSR count). The lowest BCUT2D eigenvalue weighted by atomic mass is 9.92. The number of thiazole rings is 1. The number of hydrogen-bond donors (Lipinski definition) is 0. The second kappa shape index (κ2) is 8.87. The van der Waals surface area contributed by atoms with E-state index in [1.807, 2.05) is 17.5 Å². The van der Waals surface area contributed by atoms with Crippen LogP contribution in [-0.2, 0) is 17.8 Å². The van der Waals surface area contributed by atoms with Gasteiger partial charge in [-0.1, -0.05) is 25.4 Å². The van der Waals surface area contributed by atoms with Gasteiger partial charge in [0.15, 0.2) is 0 Å². The summed E-state index contributed by atoms with van der Waals surface area (Å²) in [7, 11) is 0. The average molecular weight is 393 g/mol. The van der Waals surface area contributed by atoms with Crippen molar-refractivity contribution in [2.75, 3.05) is 6.54 Å². The van der Waals surface area contributed by atoms with E-state index in [9.17, 15) is 4.79 Å². The largest absolute Gasteiger partial charge is 0.486 e. The highest BCUT2D eigenvalue weighted by Gasteiger charge is 2.29. The van der Waals surface area contributed by atoms with Crippen molar-refractivity contribution in [1.29, 1.82) is 0 Å². The van der Waals surface area contributed by atoms with Gasteiger partial charge in [0.1, 0.15) is 17.4 Å². The van der Waals surface area contributed by atoms with Crippen LogP contribution in [0.25, 0.3) is 0 Å². The molecule has 1 unspecified atom stereocenters. The van der Waals surface area contributed by atoms with Crippen LogP contribution >= 0.6 is 22.9 Å². The van der Waals surface area contributed by atoms with E-state index in [1.54, 1.807) is 12.1 Å². The highest BCUT2D eigenvalue weighted by atomic mass is 35.5. The fourth-order valence-electron chi connectivity index (χ4n) is 3.39. The van der Waals surface area contributed by atoms with E-state index in [2.05, 4.69) is 23.7 Å². The maximum absolute atomic E-state index is 12.7. The predicted molar refractivity (Wildman–Crippen MR) is 106 cm³/mol. The van der Waals surface area contributed by atoms with Gasteiger partial charge in [-0.25, -0.2) is 4.98 Å². The van der Waals surface area contributed by atoms with Crippen LogP contribution in [-0.4, -0.2) is 28.4 Å². The summed E-state index contributed by atoms with van der Waals surface area (Å²) in [4.78, 5) is 19.4. The zero-order valence-electron chi connectivity index (χ0n) is 15.3. The van der Waals surface area contributed by atoms with Gasteiger partial charge in [0.25, 0.3) is 0 Å². The summed E-state index contributed by atoms with van der Waals surface area (Å²) >= 11 is 7.41. The first kappa shape index (κ1) is 19.2. The van der Waals surface area contributed by atoms with Gasteiger partial charge in [-0.05, 0) is 49.4 Å². The van der Waals surface area contributed by atoms with E-state index < -0.39 is 0 Å². The highest BCUT2D eigenvalue weighted by Crippen LogP contribution is 2.24. The van der Waals surface area contributed by atoms with Gasteiger partial charge in [-0.2, -0.15) is 0 Å². The molecule has 0 radical (unpaired) electrons. The molecule has 1 amide bonds. The molecule has 140 valence electrons. The van der Waals surface area contributed by atoms with Crippen molar-refractivity contribution in [2.45, 2.75) is 52.2 Å². The van der Waals surface area contributed by atoms with Gasteiger partial charge in [-0.3, -0.25) is 4.79 Å². The normalized spacial score (nSPS) is 17.5. The molecule has 0 N–H and O–H groups in total. The molecule has 1 aromatic carbocycles. The second-order valence-electron chi connectivity index (χ2n) is 7.05. The summed E-state index contributed by atoms with van der Waals surface area (Å²) in [5, 5.41) is 3.53. The third kappa shape index (κ3) is 4.98. The second-order valence-corrected chi connectivity index (χ2v) is 8.43. The van der Waals surface area contributed by atoms with Crippen molar-refractivity contribution in [3.8, 4) is 5.75 Å². The third-order valence-corrected chi connectivity index (χ3v) is 5.87. The molecule has 0 aliphatic carbocycles. The number of likely N-dealkylation sites (tertiary alicyclic amines) is 1. The van der Waals surface area contributed by atoms with Crippen molar-refractivity contribution in [3.63, 3.8) is 0 Å². The molecule has 0 spiro atoms. The van der Waals surface area contributed by atoms with Crippen molar-refractivity contribution in [3.05, 3.63) is 45.4 Å². The average Bonchev–Trinajstić information content (AvgIpc) is 3.08. The molecule has 1 aliphatic rings. The Morgan fingerprint density at radius 1 is 1.35 bits per heavy atom. The minimum atomic E-state index is 0.193. The topological polar surface area (TPSA) is 42.4 Å². The van der Waals surface area contributed by atoms with Crippen LogP contribution in [0.15, 0.2) is 29.6 Å². The van der Waals surface area contributed by atoms with E-state index in [1.165, 1.54) is 17.8 Å². The molecule has 1 saturated heterocycles. The number of carbonyl (C=O) groups excluding carboxylic acids is 1. The molecular formula is C20H25ClN2O2S. The first-order valence-electron chi connectivity index (χ1n) is 9.14. The molecule has 0 bridgehead atoms. The minimum Gasteiger partial charge on any atom is -0.486 e. The Bertz CT molecular complexity index is 730. The molecule has 0 saturated carbocycles. The van der Waals surface area contributed by atoms with E-state index in [0.29, 0.717) is 30.0 Å². The Labute approximate surface area is 164 Å². The minimum absolute atomic E-state index is 0.193. The standard InChI is InChI=1S/C20H25ClN2O2S/c1-14(2)18-5-3-4-10-23(18)20(24)11-16-13-26-19(22-16)12-25-17-8-6-15(21)7-9-17/h6-9,13-14,18H,3-5,10-12H2,1-2H3. The van der Waals surface area contributed by atoms with Gasteiger partial charge in [-0.15, -0.1) is 11.3 Å². The SMILES string of the molecule is CC(C)C1CCCCN1C(=O)Cc1csc(COc2ccc(Cl)cc2)n1. The van der Waals surface area contributed by atoms with Crippen molar-refractivity contribution in [2.24, 2.45) is 5.92 Å². The van der Waals surface area contributed by atoms with Crippen molar-refractivity contribution >= 4 is 28.8 Å². The van der Waals surface area contributed by atoms with Crippen LogP contribution in [0.2, 0.25) is 5.02 Å². The molecule has 6 heteroatoms. The number of benzene rings is 1. The Balaban J connectivity index is 1.55. The van der Waals surface area contributed by atoms with Crippen LogP contribution in [0.1, 0.15) is 43.8 Å². The van der Waals surface area contributed by atoms with Gasteiger partial charge < -0.3 is 9.64 Å². The van der Waals surface area contributed by atoms with Gasteiger partial charge >= 0.3 is 0 Å². The molecular weight excluding hydrogens is 368 g/mol. The number of amides is 1. The lowest BCUT2D eigenvalue weighted by molar-refractivity contribution is -0.135. The summed E-state index contributed by atoms with van der Waals surface area (Å²) in [6.07, 6.45) is 3.81. The number of nitrogens with zero attached hydrogens (tertiary/aromatic N) is 2. The fourth-order valence-corrected chi connectivity index (χ4v) is 4.22. The smallest absolute Gasteiger partial charge is 0.228 e. The molecule has 2 heterocycles. The lowest BCUT2D eigenvalue weighted by Crippen LogP contribution is -2.47. The van der Waals surface area contributed by atoms with Crippen LogP contribution in [0.4, 0.5) is 0 Å². The monoisotopic (exact) mass is 392 g/mol. The number of halogens is 1. The highest BCUT2D eigenvalue weighted by molar-refractivity contribution is 7.09. The van der Waals surface area contributed by atoms with Crippen molar-refractivity contribution < 1.29 is 9.53 Å². The summed E-state index contributed by atoms with van der Waals surface area (Å²) in [6.45, 7) is 5.67. The molecule has 1 aliphatic heterocycles. The third-order valence-electron chi connectivity index (χ3n) is 4.75. The number of hydrogen-bond acceptors (Lipinski definition) is 4. The Kier molecular flexibility index (Phi) is 6.54. The summed E-state index contributed by atoms with van der Waals surface area (Å²) in [5.41, 5.74) is 0.836. The Morgan fingerprint density at radius 2 is 2.12 bits per heavy atom. The Hall–Kier alpha value is -1.59. The predicted octanol–water partition coefficient (Wildman–Crippen LogP) is 4.96. The van der Waals surface area contributed by atoms with Gasteiger partial charge in [0.2, 0.25) is 5.91 Å². The van der Waals surface area contributed by atoms with Crippen LogP contribution < -0.4 is 4.74 Å². The molecule has 26 heavy (non-hydrogen) atoms. The quantitative estimate of drug-likeness (QED) is 0.698. The maximum atomic E-state index is 12.7.